The number of ether oxygens (including phenoxy) is 1. The number of amides is 1. The Morgan fingerprint density at radius 3 is 2.83 bits per heavy atom. The first-order chi connectivity index (χ1) is 8.47. The lowest BCUT2D eigenvalue weighted by Gasteiger charge is -2.04. The summed E-state index contributed by atoms with van der Waals surface area (Å²) in [4.78, 5) is 21.5. The molecule has 0 saturated heterocycles. The molecule has 18 heavy (non-hydrogen) atoms. The van der Waals surface area contributed by atoms with Crippen LogP contribution in [0.25, 0.3) is 0 Å². The highest BCUT2D eigenvalue weighted by atomic mass is 16.5. The van der Waals surface area contributed by atoms with E-state index in [1.54, 1.807) is 10.9 Å². The second-order valence-electron chi connectivity index (χ2n) is 4.28. The van der Waals surface area contributed by atoms with Crippen LogP contribution in [0.3, 0.4) is 0 Å². The third-order valence-electron chi connectivity index (χ3n) is 1.93. The lowest BCUT2D eigenvalue weighted by atomic mass is 10.2. The van der Waals surface area contributed by atoms with Crippen molar-refractivity contribution in [1.82, 2.24) is 9.78 Å². The Kier molecular flexibility index (Phi) is 5.31. The van der Waals surface area contributed by atoms with Crippen LogP contribution < -0.4 is 5.32 Å². The van der Waals surface area contributed by atoms with Crippen LogP contribution in [0.1, 0.15) is 13.8 Å². The zero-order valence-corrected chi connectivity index (χ0v) is 10.4. The number of hydrogen-bond donors (Lipinski definition) is 2. The minimum atomic E-state index is -1.10. The standard InChI is InChI=1S/C11H17N3O4/c1-8(2)4-14-5-9(3-12-14)13-10(15)6-18-7-11(16)17/h3,5,8H,4,6-7H2,1-2H3,(H,13,15)(H,16,17). The van der Waals surface area contributed by atoms with Crippen LogP contribution in [0, 0.1) is 5.92 Å². The van der Waals surface area contributed by atoms with Crippen molar-refractivity contribution in [3.05, 3.63) is 12.4 Å². The van der Waals surface area contributed by atoms with Crippen molar-refractivity contribution in [2.24, 2.45) is 5.92 Å². The van der Waals surface area contributed by atoms with Crippen molar-refractivity contribution in [3.8, 4) is 0 Å². The fourth-order valence-corrected chi connectivity index (χ4v) is 1.33. The largest absolute Gasteiger partial charge is 0.480 e. The van der Waals surface area contributed by atoms with E-state index in [2.05, 4.69) is 29.0 Å². The Morgan fingerprint density at radius 2 is 2.22 bits per heavy atom. The van der Waals surface area contributed by atoms with E-state index in [-0.39, 0.29) is 6.61 Å². The summed E-state index contributed by atoms with van der Waals surface area (Å²) in [6.45, 7) is 4.13. The highest BCUT2D eigenvalue weighted by molar-refractivity contribution is 5.91. The summed E-state index contributed by atoms with van der Waals surface area (Å²) in [7, 11) is 0. The number of carboxylic acids is 1. The summed E-state index contributed by atoms with van der Waals surface area (Å²) in [5, 5.41) is 15.0. The van der Waals surface area contributed by atoms with Crippen molar-refractivity contribution in [1.29, 1.82) is 0 Å². The van der Waals surface area contributed by atoms with Gasteiger partial charge in [0.2, 0.25) is 5.91 Å². The van der Waals surface area contributed by atoms with Gasteiger partial charge in [-0.25, -0.2) is 4.79 Å². The Hall–Kier alpha value is -1.89. The molecule has 0 unspecified atom stereocenters. The first kappa shape index (κ1) is 14.2. The molecule has 1 rings (SSSR count). The van der Waals surface area contributed by atoms with Crippen molar-refractivity contribution in [2.75, 3.05) is 18.5 Å². The number of hydrogen-bond acceptors (Lipinski definition) is 4. The molecule has 0 radical (unpaired) electrons. The molecule has 100 valence electrons. The fourth-order valence-electron chi connectivity index (χ4n) is 1.33. The third kappa shape index (κ3) is 5.44. The van der Waals surface area contributed by atoms with Gasteiger partial charge < -0.3 is 15.2 Å². The maximum absolute atomic E-state index is 11.4. The molecule has 7 heteroatoms. The predicted octanol–water partition coefficient (Wildman–Crippen LogP) is 0.579. The Balaban J connectivity index is 2.35. The molecule has 1 aromatic rings. The third-order valence-corrected chi connectivity index (χ3v) is 1.93. The molecule has 0 fully saturated rings. The zero-order valence-electron chi connectivity index (χ0n) is 10.4. The zero-order chi connectivity index (χ0) is 13.5. The smallest absolute Gasteiger partial charge is 0.329 e. The lowest BCUT2D eigenvalue weighted by Crippen LogP contribution is -2.20. The van der Waals surface area contributed by atoms with Crippen LogP contribution in [-0.2, 0) is 20.9 Å². The van der Waals surface area contributed by atoms with Gasteiger partial charge >= 0.3 is 5.97 Å². The molecule has 0 atom stereocenters. The minimum Gasteiger partial charge on any atom is -0.480 e. The quantitative estimate of drug-likeness (QED) is 0.743. The molecule has 0 aliphatic carbocycles. The summed E-state index contributed by atoms with van der Waals surface area (Å²) in [6.07, 6.45) is 3.26. The van der Waals surface area contributed by atoms with Gasteiger partial charge in [0.15, 0.2) is 0 Å². The van der Waals surface area contributed by atoms with Crippen LogP contribution in [0.2, 0.25) is 0 Å². The van der Waals surface area contributed by atoms with Gasteiger partial charge in [0.25, 0.3) is 0 Å². The van der Waals surface area contributed by atoms with Crippen molar-refractivity contribution in [3.63, 3.8) is 0 Å². The molecule has 0 aliphatic heterocycles. The summed E-state index contributed by atoms with van der Waals surface area (Å²) >= 11 is 0. The second kappa shape index (κ2) is 6.75. The van der Waals surface area contributed by atoms with E-state index in [0.717, 1.165) is 6.54 Å². The van der Waals surface area contributed by atoms with E-state index in [1.807, 2.05) is 0 Å². The van der Waals surface area contributed by atoms with Gasteiger partial charge in [0.05, 0.1) is 11.9 Å². The van der Waals surface area contributed by atoms with Crippen molar-refractivity contribution in [2.45, 2.75) is 20.4 Å². The molecule has 1 amide bonds. The van der Waals surface area contributed by atoms with Crippen LogP contribution >= 0.6 is 0 Å². The van der Waals surface area contributed by atoms with E-state index in [9.17, 15) is 9.59 Å². The molecule has 0 aliphatic rings. The van der Waals surface area contributed by atoms with Crippen LogP contribution in [0.4, 0.5) is 5.69 Å². The average molecular weight is 255 g/mol. The normalized spacial score (nSPS) is 10.6. The summed E-state index contributed by atoms with van der Waals surface area (Å²) in [5.41, 5.74) is 0.569. The van der Waals surface area contributed by atoms with E-state index in [4.69, 9.17) is 5.11 Å². The van der Waals surface area contributed by atoms with Crippen LogP contribution in [0.5, 0.6) is 0 Å². The highest BCUT2D eigenvalue weighted by Crippen LogP contribution is 2.06. The summed E-state index contributed by atoms with van der Waals surface area (Å²) in [6, 6.07) is 0. The van der Waals surface area contributed by atoms with Crippen molar-refractivity contribution >= 4 is 17.6 Å². The minimum absolute atomic E-state index is 0.290. The van der Waals surface area contributed by atoms with E-state index < -0.39 is 18.5 Å². The number of aliphatic carboxylic acids is 1. The summed E-state index contributed by atoms with van der Waals surface area (Å²) < 4.78 is 6.40. The molecule has 1 aromatic heterocycles. The van der Waals surface area contributed by atoms with E-state index in [0.29, 0.717) is 11.6 Å². The predicted molar refractivity (Wildman–Crippen MR) is 64.1 cm³/mol. The second-order valence-corrected chi connectivity index (χ2v) is 4.28. The fraction of sp³-hybridized carbons (Fsp3) is 0.545. The molecule has 1 heterocycles. The van der Waals surface area contributed by atoms with Gasteiger partial charge in [0.1, 0.15) is 13.2 Å². The number of carboxylic acid groups (broad SMARTS) is 1. The first-order valence-corrected chi connectivity index (χ1v) is 5.59. The topological polar surface area (TPSA) is 93.5 Å². The number of nitrogens with zero attached hydrogens (tertiary/aromatic N) is 2. The van der Waals surface area contributed by atoms with E-state index >= 15 is 0 Å². The molecule has 7 nitrogen and oxygen atoms in total. The maximum atomic E-state index is 11.4. The van der Waals surface area contributed by atoms with Crippen LogP contribution in [-0.4, -0.2) is 40.0 Å². The number of carbonyl (C=O) groups excluding carboxylic acids is 1. The molecule has 0 bridgehead atoms. The van der Waals surface area contributed by atoms with Gasteiger partial charge in [-0.05, 0) is 5.92 Å². The average Bonchev–Trinajstić information content (AvgIpc) is 2.63. The Labute approximate surface area is 105 Å². The van der Waals surface area contributed by atoms with Crippen molar-refractivity contribution < 1.29 is 19.4 Å². The van der Waals surface area contributed by atoms with Gasteiger partial charge in [-0.15, -0.1) is 0 Å². The summed E-state index contributed by atoms with van der Waals surface area (Å²) in [5.74, 6) is -1.04. The molecule has 0 aromatic carbocycles. The molecular formula is C11H17N3O4. The molecule has 2 N–H and O–H groups in total. The van der Waals surface area contributed by atoms with Gasteiger partial charge in [-0.1, -0.05) is 13.8 Å². The number of anilines is 1. The highest BCUT2D eigenvalue weighted by Gasteiger charge is 2.06. The Morgan fingerprint density at radius 1 is 1.50 bits per heavy atom. The molecule has 0 spiro atoms. The van der Waals surface area contributed by atoms with Gasteiger partial charge in [-0.3, -0.25) is 9.48 Å². The maximum Gasteiger partial charge on any atom is 0.329 e. The lowest BCUT2D eigenvalue weighted by molar-refractivity contribution is -0.143. The van der Waals surface area contributed by atoms with Gasteiger partial charge in [-0.2, -0.15) is 5.10 Å². The first-order valence-electron chi connectivity index (χ1n) is 5.59. The molecule has 0 saturated carbocycles. The van der Waals surface area contributed by atoms with E-state index in [1.165, 1.54) is 6.20 Å². The van der Waals surface area contributed by atoms with Gasteiger partial charge in [0, 0.05) is 12.7 Å². The number of nitrogens with one attached hydrogen (secondary N) is 1. The SMILES string of the molecule is CC(C)Cn1cc(NC(=O)COCC(=O)O)cn1. The number of aromatic nitrogens is 2. The monoisotopic (exact) mass is 255 g/mol. The van der Waals surface area contributed by atoms with Crippen LogP contribution in [0.15, 0.2) is 12.4 Å². The number of rotatable bonds is 7. The number of carbonyl (C=O) groups is 2. The Bertz CT molecular complexity index is 414. The molecular weight excluding hydrogens is 238 g/mol.